The number of carbonyl (C=O) groups is 3. The standard InChI is InChI=1S/C10H16O6/c1-7(2)15-5-6-16-9(12)4-3-8(11)10(13)14/h7H,3-6H2,1-2H3,(H,13,14). The monoisotopic (exact) mass is 232 g/mol. The molecular formula is C10H16O6. The van der Waals surface area contributed by atoms with Gasteiger partial charge in [-0.15, -0.1) is 0 Å². The van der Waals surface area contributed by atoms with Crippen molar-refractivity contribution in [3.05, 3.63) is 0 Å². The van der Waals surface area contributed by atoms with Gasteiger partial charge >= 0.3 is 11.9 Å². The van der Waals surface area contributed by atoms with Crippen molar-refractivity contribution in [3.8, 4) is 0 Å². The molecule has 0 spiro atoms. The van der Waals surface area contributed by atoms with Crippen molar-refractivity contribution in [3.63, 3.8) is 0 Å². The molecular weight excluding hydrogens is 216 g/mol. The Morgan fingerprint density at radius 1 is 1.12 bits per heavy atom. The summed E-state index contributed by atoms with van der Waals surface area (Å²) in [5, 5.41) is 8.25. The quantitative estimate of drug-likeness (QED) is 0.370. The van der Waals surface area contributed by atoms with E-state index in [1.54, 1.807) is 0 Å². The Balaban J connectivity index is 3.52. The van der Waals surface area contributed by atoms with Gasteiger partial charge in [-0.3, -0.25) is 9.59 Å². The maximum absolute atomic E-state index is 11.0. The molecule has 0 aliphatic carbocycles. The zero-order chi connectivity index (χ0) is 12.6. The van der Waals surface area contributed by atoms with E-state index in [2.05, 4.69) is 0 Å². The minimum Gasteiger partial charge on any atom is -0.476 e. The number of ketones is 1. The lowest BCUT2D eigenvalue weighted by Crippen LogP contribution is -2.17. The summed E-state index contributed by atoms with van der Waals surface area (Å²) in [5.41, 5.74) is 0. The molecule has 0 aromatic carbocycles. The van der Waals surface area contributed by atoms with Crippen molar-refractivity contribution in [1.29, 1.82) is 0 Å². The lowest BCUT2D eigenvalue weighted by molar-refractivity contribution is -0.151. The van der Waals surface area contributed by atoms with Gasteiger partial charge in [-0.1, -0.05) is 0 Å². The number of hydrogen-bond donors (Lipinski definition) is 1. The second kappa shape index (κ2) is 7.81. The Morgan fingerprint density at radius 3 is 2.25 bits per heavy atom. The Bertz CT molecular complexity index is 258. The summed E-state index contributed by atoms with van der Waals surface area (Å²) in [7, 11) is 0. The summed E-state index contributed by atoms with van der Waals surface area (Å²) < 4.78 is 9.83. The van der Waals surface area contributed by atoms with Gasteiger partial charge in [0.05, 0.1) is 19.1 Å². The number of esters is 1. The number of aliphatic carboxylic acids is 1. The van der Waals surface area contributed by atoms with Crippen LogP contribution in [0.3, 0.4) is 0 Å². The van der Waals surface area contributed by atoms with Crippen molar-refractivity contribution in [1.82, 2.24) is 0 Å². The SMILES string of the molecule is CC(C)OCCOC(=O)CCC(=O)C(=O)O. The number of ether oxygens (including phenoxy) is 2. The van der Waals surface area contributed by atoms with Crippen molar-refractivity contribution in [2.24, 2.45) is 0 Å². The number of carboxylic acid groups (broad SMARTS) is 1. The topological polar surface area (TPSA) is 89.9 Å². The minimum absolute atomic E-state index is 0.0623. The van der Waals surface area contributed by atoms with Gasteiger partial charge in [0.15, 0.2) is 0 Å². The fourth-order valence-electron chi connectivity index (χ4n) is 0.834. The summed E-state index contributed by atoms with van der Waals surface area (Å²) in [6, 6.07) is 0. The third kappa shape index (κ3) is 7.93. The molecule has 0 bridgehead atoms. The molecule has 16 heavy (non-hydrogen) atoms. The highest BCUT2D eigenvalue weighted by atomic mass is 16.6. The molecule has 0 amide bonds. The highest BCUT2D eigenvalue weighted by Gasteiger charge is 2.14. The number of rotatable bonds is 8. The van der Waals surface area contributed by atoms with Gasteiger partial charge in [0.25, 0.3) is 0 Å². The highest BCUT2D eigenvalue weighted by Crippen LogP contribution is 1.95. The predicted molar refractivity (Wildman–Crippen MR) is 53.9 cm³/mol. The maximum atomic E-state index is 11.0. The van der Waals surface area contributed by atoms with E-state index >= 15 is 0 Å². The van der Waals surface area contributed by atoms with Crippen LogP contribution in [-0.4, -0.2) is 42.1 Å². The summed E-state index contributed by atoms with van der Waals surface area (Å²) in [6.45, 7) is 4.11. The van der Waals surface area contributed by atoms with Crippen molar-refractivity contribution in [2.75, 3.05) is 13.2 Å². The van der Waals surface area contributed by atoms with E-state index in [1.807, 2.05) is 13.8 Å². The van der Waals surface area contributed by atoms with E-state index in [0.29, 0.717) is 0 Å². The Morgan fingerprint density at radius 2 is 1.75 bits per heavy atom. The molecule has 0 unspecified atom stereocenters. The molecule has 0 atom stereocenters. The van der Waals surface area contributed by atoms with Crippen LogP contribution in [0.25, 0.3) is 0 Å². The normalized spacial score (nSPS) is 10.2. The number of Topliss-reactive ketones (excluding diaryl/α,β-unsaturated/α-hetero) is 1. The van der Waals surface area contributed by atoms with Gasteiger partial charge in [-0.05, 0) is 13.8 Å². The molecule has 92 valence electrons. The molecule has 0 saturated heterocycles. The van der Waals surface area contributed by atoms with E-state index < -0.39 is 17.7 Å². The van der Waals surface area contributed by atoms with Crippen LogP contribution >= 0.6 is 0 Å². The first kappa shape index (κ1) is 14.6. The molecule has 0 aliphatic heterocycles. The highest BCUT2D eigenvalue weighted by molar-refractivity contribution is 6.32. The molecule has 6 nitrogen and oxygen atoms in total. The van der Waals surface area contributed by atoms with E-state index in [9.17, 15) is 14.4 Å². The third-order valence-electron chi connectivity index (χ3n) is 1.59. The lowest BCUT2D eigenvalue weighted by atomic mass is 10.2. The van der Waals surface area contributed by atoms with Crippen LogP contribution in [0.1, 0.15) is 26.7 Å². The van der Waals surface area contributed by atoms with E-state index in [0.717, 1.165) is 0 Å². The van der Waals surface area contributed by atoms with Crippen LogP contribution in [-0.2, 0) is 23.9 Å². The lowest BCUT2D eigenvalue weighted by Gasteiger charge is -2.07. The van der Waals surface area contributed by atoms with Crippen molar-refractivity contribution in [2.45, 2.75) is 32.8 Å². The molecule has 0 fully saturated rings. The number of carboxylic acids is 1. The first-order valence-electron chi connectivity index (χ1n) is 4.96. The molecule has 0 aromatic heterocycles. The average Bonchev–Trinajstić information content (AvgIpc) is 2.20. The molecule has 0 aliphatic rings. The molecule has 6 heteroatoms. The average molecular weight is 232 g/mol. The molecule has 0 radical (unpaired) electrons. The van der Waals surface area contributed by atoms with Gasteiger partial charge in [0.1, 0.15) is 6.61 Å². The van der Waals surface area contributed by atoms with E-state index in [1.165, 1.54) is 0 Å². The number of hydrogen-bond acceptors (Lipinski definition) is 5. The Hall–Kier alpha value is -1.43. The largest absolute Gasteiger partial charge is 0.476 e. The Kier molecular flexibility index (Phi) is 7.11. The molecule has 0 aromatic rings. The molecule has 0 heterocycles. The van der Waals surface area contributed by atoms with E-state index in [4.69, 9.17) is 14.6 Å². The maximum Gasteiger partial charge on any atom is 0.372 e. The van der Waals surface area contributed by atoms with Crippen LogP contribution in [0.4, 0.5) is 0 Å². The van der Waals surface area contributed by atoms with Crippen LogP contribution in [0.5, 0.6) is 0 Å². The van der Waals surface area contributed by atoms with Gasteiger partial charge in [0.2, 0.25) is 5.78 Å². The van der Waals surface area contributed by atoms with Gasteiger partial charge < -0.3 is 14.6 Å². The zero-order valence-electron chi connectivity index (χ0n) is 9.39. The third-order valence-corrected chi connectivity index (χ3v) is 1.59. The van der Waals surface area contributed by atoms with Crippen LogP contribution < -0.4 is 0 Å². The van der Waals surface area contributed by atoms with Crippen molar-refractivity contribution < 1.29 is 29.0 Å². The summed E-state index contributed by atoms with van der Waals surface area (Å²) in [6.07, 6.45) is -0.487. The molecule has 0 saturated carbocycles. The zero-order valence-corrected chi connectivity index (χ0v) is 9.39. The first-order valence-corrected chi connectivity index (χ1v) is 4.96. The molecule has 1 N–H and O–H groups in total. The summed E-state index contributed by atoms with van der Waals surface area (Å²) in [5.74, 6) is -3.12. The molecule has 0 rings (SSSR count). The van der Waals surface area contributed by atoms with Crippen molar-refractivity contribution >= 4 is 17.7 Å². The summed E-state index contributed by atoms with van der Waals surface area (Å²) in [4.78, 5) is 31.8. The van der Waals surface area contributed by atoms with Crippen LogP contribution in [0.15, 0.2) is 0 Å². The Labute approximate surface area is 93.5 Å². The second-order valence-corrected chi connectivity index (χ2v) is 3.37. The smallest absolute Gasteiger partial charge is 0.372 e. The summed E-state index contributed by atoms with van der Waals surface area (Å²) >= 11 is 0. The second-order valence-electron chi connectivity index (χ2n) is 3.37. The fraction of sp³-hybridized carbons (Fsp3) is 0.700. The van der Waals surface area contributed by atoms with Gasteiger partial charge in [0, 0.05) is 6.42 Å². The van der Waals surface area contributed by atoms with Gasteiger partial charge in [-0.2, -0.15) is 0 Å². The van der Waals surface area contributed by atoms with E-state index in [-0.39, 0.29) is 32.2 Å². The van der Waals surface area contributed by atoms with Crippen LogP contribution in [0.2, 0.25) is 0 Å². The fourth-order valence-corrected chi connectivity index (χ4v) is 0.834. The minimum atomic E-state index is -1.53. The van der Waals surface area contributed by atoms with Gasteiger partial charge in [-0.25, -0.2) is 4.79 Å². The predicted octanol–water partition coefficient (Wildman–Crippen LogP) is 0.388. The number of carbonyl (C=O) groups excluding carboxylic acids is 2. The first-order chi connectivity index (χ1) is 7.43. The van der Waals surface area contributed by atoms with Crippen LogP contribution in [0, 0.1) is 0 Å².